The van der Waals surface area contributed by atoms with E-state index in [1.807, 2.05) is 0 Å². The van der Waals surface area contributed by atoms with Crippen LogP contribution in [0.5, 0.6) is 0 Å². The molecule has 0 atom stereocenters. The summed E-state index contributed by atoms with van der Waals surface area (Å²) in [5, 5.41) is 11.0. The number of likely N-dealkylation sites (N-methyl/N-ethyl adjacent to an activating group) is 1. The van der Waals surface area contributed by atoms with Gasteiger partial charge in [0.05, 0.1) is 22.1 Å². The SMILES string of the molecule is CN(CC(=O)N1CCc2ccc([N+](=O)[O-])cc21)S(=O)(=O)c1ccc(F)cc1. The average molecular weight is 393 g/mol. The third kappa shape index (κ3) is 3.67. The van der Waals surface area contributed by atoms with E-state index < -0.39 is 33.2 Å². The monoisotopic (exact) mass is 393 g/mol. The van der Waals surface area contributed by atoms with E-state index in [1.165, 1.54) is 24.1 Å². The summed E-state index contributed by atoms with van der Waals surface area (Å²) in [7, 11) is -2.72. The molecule has 142 valence electrons. The quantitative estimate of drug-likeness (QED) is 0.571. The Morgan fingerprint density at radius 1 is 1.26 bits per heavy atom. The topological polar surface area (TPSA) is 101 Å². The number of carbonyl (C=O) groups excluding carboxylic acids is 1. The van der Waals surface area contributed by atoms with E-state index in [-0.39, 0.29) is 10.6 Å². The fraction of sp³-hybridized carbons (Fsp3) is 0.235. The molecule has 0 fully saturated rings. The Hall–Kier alpha value is -2.85. The van der Waals surface area contributed by atoms with E-state index in [4.69, 9.17) is 0 Å². The van der Waals surface area contributed by atoms with Gasteiger partial charge in [0.1, 0.15) is 5.82 Å². The van der Waals surface area contributed by atoms with Gasteiger partial charge in [-0.25, -0.2) is 12.8 Å². The van der Waals surface area contributed by atoms with Gasteiger partial charge in [-0.05, 0) is 36.2 Å². The Morgan fingerprint density at radius 3 is 2.56 bits per heavy atom. The van der Waals surface area contributed by atoms with Crippen molar-refractivity contribution in [1.82, 2.24) is 4.31 Å². The second kappa shape index (κ2) is 7.05. The molecule has 0 spiro atoms. The number of amides is 1. The van der Waals surface area contributed by atoms with Crippen molar-refractivity contribution < 1.29 is 22.5 Å². The smallest absolute Gasteiger partial charge is 0.271 e. The third-order valence-corrected chi connectivity index (χ3v) is 6.17. The van der Waals surface area contributed by atoms with Crippen molar-refractivity contribution in [3.05, 3.63) is 64.0 Å². The minimum atomic E-state index is -3.97. The lowest BCUT2D eigenvalue weighted by Gasteiger charge is -2.22. The lowest BCUT2D eigenvalue weighted by atomic mass is 10.1. The maximum absolute atomic E-state index is 13.0. The van der Waals surface area contributed by atoms with E-state index in [2.05, 4.69) is 0 Å². The molecule has 27 heavy (non-hydrogen) atoms. The maximum atomic E-state index is 13.0. The molecule has 0 aromatic heterocycles. The second-order valence-corrected chi connectivity index (χ2v) is 8.13. The Balaban J connectivity index is 1.79. The molecule has 0 saturated heterocycles. The van der Waals surface area contributed by atoms with Crippen LogP contribution in [0.15, 0.2) is 47.4 Å². The molecular weight excluding hydrogens is 377 g/mol. The van der Waals surface area contributed by atoms with Crippen LogP contribution < -0.4 is 4.90 Å². The number of halogens is 1. The Kier molecular flexibility index (Phi) is 4.94. The highest BCUT2D eigenvalue weighted by Gasteiger charge is 2.30. The van der Waals surface area contributed by atoms with E-state index in [0.717, 1.165) is 34.1 Å². The minimum absolute atomic E-state index is 0.128. The van der Waals surface area contributed by atoms with Crippen LogP contribution in [0, 0.1) is 15.9 Å². The number of non-ortho nitro benzene ring substituents is 1. The van der Waals surface area contributed by atoms with Crippen LogP contribution in [0.25, 0.3) is 0 Å². The first-order valence-corrected chi connectivity index (χ1v) is 9.44. The van der Waals surface area contributed by atoms with E-state index >= 15 is 0 Å². The number of nitro benzene ring substituents is 1. The summed E-state index contributed by atoms with van der Waals surface area (Å²) in [6, 6.07) is 8.59. The van der Waals surface area contributed by atoms with Gasteiger partial charge >= 0.3 is 0 Å². The van der Waals surface area contributed by atoms with Crippen LogP contribution in [0.2, 0.25) is 0 Å². The van der Waals surface area contributed by atoms with E-state index in [0.29, 0.717) is 18.7 Å². The van der Waals surface area contributed by atoms with Crippen LogP contribution in [0.1, 0.15) is 5.56 Å². The van der Waals surface area contributed by atoms with Gasteiger partial charge in [-0.1, -0.05) is 6.07 Å². The van der Waals surface area contributed by atoms with Gasteiger partial charge in [0.15, 0.2) is 0 Å². The van der Waals surface area contributed by atoms with Crippen molar-refractivity contribution in [3.8, 4) is 0 Å². The molecular formula is C17H16FN3O5S. The zero-order chi connectivity index (χ0) is 19.8. The van der Waals surface area contributed by atoms with Gasteiger partial charge in [-0.2, -0.15) is 4.31 Å². The molecule has 2 aromatic carbocycles. The number of rotatable bonds is 5. The number of nitro groups is 1. The summed E-state index contributed by atoms with van der Waals surface area (Å²) < 4.78 is 38.9. The first kappa shape index (κ1) is 18.9. The Morgan fingerprint density at radius 2 is 1.93 bits per heavy atom. The summed E-state index contributed by atoms with van der Waals surface area (Å²) in [6.07, 6.45) is 0.535. The number of anilines is 1. The van der Waals surface area contributed by atoms with Crippen molar-refractivity contribution in [2.75, 3.05) is 25.0 Å². The van der Waals surface area contributed by atoms with Crippen molar-refractivity contribution in [2.45, 2.75) is 11.3 Å². The minimum Gasteiger partial charge on any atom is -0.310 e. The zero-order valence-corrected chi connectivity index (χ0v) is 15.1. The van der Waals surface area contributed by atoms with Gasteiger partial charge in [0, 0.05) is 25.7 Å². The summed E-state index contributed by atoms with van der Waals surface area (Å²) >= 11 is 0. The summed E-state index contributed by atoms with van der Waals surface area (Å²) in [6.45, 7) is -0.123. The van der Waals surface area contributed by atoms with E-state index in [1.54, 1.807) is 6.07 Å². The molecule has 0 saturated carbocycles. The van der Waals surface area contributed by atoms with Crippen molar-refractivity contribution in [1.29, 1.82) is 0 Å². The van der Waals surface area contributed by atoms with Gasteiger partial charge in [0.25, 0.3) is 5.69 Å². The predicted octanol–water partition coefficient (Wildman–Crippen LogP) is 1.94. The van der Waals surface area contributed by atoms with Gasteiger partial charge in [-0.3, -0.25) is 14.9 Å². The molecule has 1 heterocycles. The molecule has 1 amide bonds. The maximum Gasteiger partial charge on any atom is 0.271 e. The lowest BCUT2D eigenvalue weighted by Crippen LogP contribution is -2.40. The largest absolute Gasteiger partial charge is 0.310 e. The lowest BCUT2D eigenvalue weighted by molar-refractivity contribution is -0.384. The van der Waals surface area contributed by atoms with Crippen molar-refractivity contribution in [3.63, 3.8) is 0 Å². The predicted molar refractivity (Wildman–Crippen MR) is 95.4 cm³/mol. The number of hydrogen-bond acceptors (Lipinski definition) is 5. The summed E-state index contributed by atoms with van der Waals surface area (Å²) in [4.78, 5) is 24.2. The molecule has 0 bridgehead atoms. The summed E-state index contributed by atoms with van der Waals surface area (Å²) in [5.74, 6) is -1.06. The van der Waals surface area contributed by atoms with Crippen LogP contribution in [-0.4, -0.2) is 43.7 Å². The van der Waals surface area contributed by atoms with Crippen LogP contribution in [0.4, 0.5) is 15.8 Å². The normalized spacial score (nSPS) is 13.7. The molecule has 3 rings (SSSR count). The van der Waals surface area contributed by atoms with Crippen LogP contribution in [-0.2, 0) is 21.2 Å². The average Bonchev–Trinajstić information content (AvgIpc) is 3.05. The molecule has 8 nitrogen and oxygen atoms in total. The summed E-state index contributed by atoms with van der Waals surface area (Å²) in [5.41, 5.74) is 1.07. The number of nitrogens with zero attached hydrogens (tertiary/aromatic N) is 3. The molecule has 0 radical (unpaired) electrons. The van der Waals surface area contributed by atoms with Crippen molar-refractivity contribution >= 4 is 27.3 Å². The number of sulfonamides is 1. The number of carbonyl (C=O) groups is 1. The molecule has 0 aliphatic carbocycles. The first-order chi connectivity index (χ1) is 12.7. The van der Waals surface area contributed by atoms with Crippen LogP contribution >= 0.6 is 0 Å². The molecule has 1 aliphatic rings. The molecule has 10 heteroatoms. The highest BCUT2D eigenvalue weighted by atomic mass is 32.2. The van der Waals surface area contributed by atoms with Gasteiger partial charge in [-0.15, -0.1) is 0 Å². The molecule has 2 aromatic rings. The highest BCUT2D eigenvalue weighted by molar-refractivity contribution is 7.89. The number of hydrogen-bond donors (Lipinski definition) is 0. The highest BCUT2D eigenvalue weighted by Crippen LogP contribution is 2.32. The van der Waals surface area contributed by atoms with Crippen molar-refractivity contribution in [2.24, 2.45) is 0 Å². The molecule has 0 unspecified atom stereocenters. The Bertz CT molecular complexity index is 1010. The molecule has 0 N–H and O–H groups in total. The number of benzene rings is 2. The fourth-order valence-corrected chi connectivity index (χ4v) is 4.01. The standard InChI is InChI=1S/C17H16FN3O5S/c1-19(27(25,26)15-6-3-13(18)4-7-15)11-17(22)20-9-8-12-2-5-14(21(23)24)10-16(12)20/h2-7,10H,8-9,11H2,1H3. The Labute approximate surface area is 155 Å². The second-order valence-electron chi connectivity index (χ2n) is 6.08. The van der Waals surface area contributed by atoms with Gasteiger partial charge in [0.2, 0.25) is 15.9 Å². The van der Waals surface area contributed by atoms with E-state index in [9.17, 15) is 27.7 Å². The third-order valence-electron chi connectivity index (χ3n) is 4.36. The number of fused-ring (bicyclic) bond motifs is 1. The fourth-order valence-electron chi connectivity index (χ4n) is 2.89. The molecule has 1 aliphatic heterocycles. The zero-order valence-electron chi connectivity index (χ0n) is 14.3. The van der Waals surface area contributed by atoms with Crippen LogP contribution in [0.3, 0.4) is 0 Å². The van der Waals surface area contributed by atoms with Gasteiger partial charge < -0.3 is 4.90 Å². The first-order valence-electron chi connectivity index (χ1n) is 8.00.